The van der Waals surface area contributed by atoms with Crippen molar-refractivity contribution >= 4 is 10.9 Å². The largest absolute Gasteiger partial charge is 0.490 e. The van der Waals surface area contributed by atoms with Crippen molar-refractivity contribution in [3.8, 4) is 11.5 Å². The molecule has 1 aromatic heterocycles. The first-order valence-corrected chi connectivity index (χ1v) is 7.28. The molecule has 110 valence electrons. The molecule has 1 heterocycles. The van der Waals surface area contributed by atoms with Crippen molar-refractivity contribution in [1.29, 1.82) is 0 Å². The first-order chi connectivity index (χ1) is 9.71. The third-order valence-corrected chi connectivity index (χ3v) is 3.39. The zero-order valence-corrected chi connectivity index (χ0v) is 12.6. The number of fused-ring (bicyclic) bond motifs is 1. The van der Waals surface area contributed by atoms with Crippen LogP contribution >= 0.6 is 0 Å². The SMILES string of the molecule is CCOc1cc2c(CCCN)cn(C)c2cc1OCC. The minimum absolute atomic E-state index is 0.635. The van der Waals surface area contributed by atoms with Gasteiger partial charge in [-0.05, 0) is 44.9 Å². The van der Waals surface area contributed by atoms with Crippen LogP contribution in [0.4, 0.5) is 0 Å². The van der Waals surface area contributed by atoms with E-state index in [4.69, 9.17) is 15.2 Å². The van der Waals surface area contributed by atoms with Gasteiger partial charge >= 0.3 is 0 Å². The molecule has 1 aromatic carbocycles. The topological polar surface area (TPSA) is 49.4 Å². The van der Waals surface area contributed by atoms with Crippen LogP contribution in [-0.4, -0.2) is 24.3 Å². The molecule has 0 saturated carbocycles. The van der Waals surface area contributed by atoms with Crippen LogP contribution < -0.4 is 15.2 Å². The lowest BCUT2D eigenvalue weighted by atomic mass is 10.1. The molecule has 0 fully saturated rings. The number of nitrogens with two attached hydrogens (primary N) is 1. The average molecular weight is 276 g/mol. The van der Waals surface area contributed by atoms with Crippen molar-refractivity contribution in [3.63, 3.8) is 0 Å². The smallest absolute Gasteiger partial charge is 0.163 e. The Hall–Kier alpha value is -1.68. The summed E-state index contributed by atoms with van der Waals surface area (Å²) in [5.74, 6) is 1.63. The molecule has 0 saturated heterocycles. The Morgan fingerprint density at radius 1 is 1.10 bits per heavy atom. The van der Waals surface area contributed by atoms with E-state index in [0.717, 1.165) is 24.3 Å². The Morgan fingerprint density at radius 3 is 2.35 bits per heavy atom. The maximum absolute atomic E-state index is 5.71. The Bertz CT molecular complexity index is 575. The van der Waals surface area contributed by atoms with Crippen LogP contribution in [-0.2, 0) is 13.5 Å². The van der Waals surface area contributed by atoms with Gasteiger partial charge in [0.1, 0.15) is 0 Å². The molecule has 0 aliphatic rings. The van der Waals surface area contributed by atoms with Gasteiger partial charge in [-0.3, -0.25) is 0 Å². The molecule has 0 aliphatic heterocycles. The van der Waals surface area contributed by atoms with Crippen molar-refractivity contribution < 1.29 is 9.47 Å². The van der Waals surface area contributed by atoms with Gasteiger partial charge in [0.25, 0.3) is 0 Å². The summed E-state index contributed by atoms with van der Waals surface area (Å²) >= 11 is 0. The van der Waals surface area contributed by atoms with E-state index in [0.29, 0.717) is 19.8 Å². The van der Waals surface area contributed by atoms with Crippen LogP contribution in [0.5, 0.6) is 11.5 Å². The molecular formula is C16H24N2O2. The summed E-state index contributed by atoms with van der Waals surface area (Å²) in [6, 6.07) is 4.16. The third kappa shape index (κ3) is 2.90. The number of rotatable bonds is 7. The highest BCUT2D eigenvalue weighted by atomic mass is 16.5. The summed E-state index contributed by atoms with van der Waals surface area (Å²) in [6.07, 6.45) is 4.16. The summed E-state index contributed by atoms with van der Waals surface area (Å²) in [6.45, 7) is 5.95. The summed E-state index contributed by atoms with van der Waals surface area (Å²) in [5.41, 5.74) is 8.10. The normalized spacial score (nSPS) is 11.0. The maximum atomic E-state index is 5.71. The summed E-state index contributed by atoms with van der Waals surface area (Å²) in [5, 5.41) is 1.23. The number of nitrogens with zero attached hydrogens (tertiary/aromatic N) is 1. The monoisotopic (exact) mass is 276 g/mol. The van der Waals surface area contributed by atoms with E-state index < -0.39 is 0 Å². The van der Waals surface area contributed by atoms with Crippen LogP contribution in [0, 0.1) is 0 Å². The molecular weight excluding hydrogens is 252 g/mol. The van der Waals surface area contributed by atoms with E-state index in [1.165, 1.54) is 16.5 Å². The fraction of sp³-hybridized carbons (Fsp3) is 0.500. The summed E-state index contributed by atoms with van der Waals surface area (Å²) < 4.78 is 13.5. The fourth-order valence-electron chi connectivity index (χ4n) is 2.50. The molecule has 0 radical (unpaired) electrons. The van der Waals surface area contributed by atoms with Crippen molar-refractivity contribution in [1.82, 2.24) is 4.57 Å². The highest BCUT2D eigenvalue weighted by Crippen LogP contribution is 2.35. The average Bonchev–Trinajstić information content (AvgIpc) is 2.74. The van der Waals surface area contributed by atoms with Gasteiger partial charge in [-0.25, -0.2) is 0 Å². The lowest BCUT2D eigenvalue weighted by Gasteiger charge is -2.12. The molecule has 4 nitrogen and oxygen atoms in total. The first kappa shape index (κ1) is 14.7. The molecule has 0 unspecified atom stereocenters. The zero-order valence-electron chi connectivity index (χ0n) is 12.6. The Morgan fingerprint density at radius 2 is 1.75 bits per heavy atom. The van der Waals surface area contributed by atoms with Crippen LogP contribution in [0.3, 0.4) is 0 Å². The highest BCUT2D eigenvalue weighted by molar-refractivity contribution is 5.87. The molecule has 0 amide bonds. The van der Waals surface area contributed by atoms with Gasteiger partial charge in [-0.2, -0.15) is 0 Å². The van der Waals surface area contributed by atoms with Crippen molar-refractivity contribution in [2.24, 2.45) is 12.8 Å². The molecule has 0 spiro atoms. The molecule has 2 N–H and O–H groups in total. The molecule has 0 bridgehead atoms. The van der Waals surface area contributed by atoms with E-state index in [1.54, 1.807) is 0 Å². The van der Waals surface area contributed by atoms with Gasteiger partial charge in [0.2, 0.25) is 0 Å². The third-order valence-electron chi connectivity index (χ3n) is 3.39. The number of aryl methyl sites for hydroxylation is 2. The summed E-state index contributed by atoms with van der Waals surface area (Å²) in [4.78, 5) is 0. The quantitative estimate of drug-likeness (QED) is 0.846. The zero-order chi connectivity index (χ0) is 14.5. The van der Waals surface area contributed by atoms with Gasteiger partial charge < -0.3 is 19.8 Å². The Balaban J connectivity index is 2.50. The van der Waals surface area contributed by atoms with Crippen molar-refractivity contribution in [2.75, 3.05) is 19.8 Å². The second-order valence-electron chi connectivity index (χ2n) is 4.84. The molecule has 0 atom stereocenters. The molecule has 2 rings (SSSR count). The minimum atomic E-state index is 0.635. The van der Waals surface area contributed by atoms with Crippen LogP contribution in [0.1, 0.15) is 25.8 Å². The first-order valence-electron chi connectivity index (χ1n) is 7.28. The number of aromatic nitrogens is 1. The second-order valence-corrected chi connectivity index (χ2v) is 4.84. The standard InChI is InChI=1S/C16H24N2O2/c1-4-19-15-9-13-12(7-6-8-17)11-18(3)14(13)10-16(15)20-5-2/h9-11H,4-8,17H2,1-3H3. The van der Waals surface area contributed by atoms with Crippen LogP contribution in [0.2, 0.25) is 0 Å². The van der Waals surface area contributed by atoms with Gasteiger partial charge in [0.05, 0.1) is 18.7 Å². The van der Waals surface area contributed by atoms with Gasteiger partial charge in [0, 0.05) is 24.7 Å². The number of ether oxygens (including phenoxy) is 2. The van der Waals surface area contributed by atoms with Gasteiger partial charge in [-0.1, -0.05) is 0 Å². The van der Waals surface area contributed by atoms with E-state index in [-0.39, 0.29) is 0 Å². The number of benzene rings is 1. The molecule has 0 aliphatic carbocycles. The summed E-state index contributed by atoms with van der Waals surface area (Å²) in [7, 11) is 2.06. The van der Waals surface area contributed by atoms with Gasteiger partial charge in [0.15, 0.2) is 11.5 Å². The Labute approximate surface area is 120 Å². The minimum Gasteiger partial charge on any atom is -0.490 e. The predicted octanol–water partition coefficient (Wildman–Crippen LogP) is 2.87. The lowest BCUT2D eigenvalue weighted by Crippen LogP contribution is -2.00. The lowest BCUT2D eigenvalue weighted by molar-refractivity contribution is 0.288. The molecule has 4 heteroatoms. The highest BCUT2D eigenvalue weighted by Gasteiger charge is 2.13. The van der Waals surface area contributed by atoms with Gasteiger partial charge in [-0.15, -0.1) is 0 Å². The predicted molar refractivity (Wildman–Crippen MR) is 82.6 cm³/mol. The fourth-order valence-corrected chi connectivity index (χ4v) is 2.50. The number of hydrogen-bond acceptors (Lipinski definition) is 3. The second kappa shape index (κ2) is 6.66. The van der Waals surface area contributed by atoms with E-state index >= 15 is 0 Å². The van der Waals surface area contributed by atoms with Crippen molar-refractivity contribution in [3.05, 3.63) is 23.9 Å². The van der Waals surface area contributed by atoms with E-state index in [1.807, 2.05) is 13.8 Å². The van der Waals surface area contributed by atoms with Crippen LogP contribution in [0.15, 0.2) is 18.3 Å². The van der Waals surface area contributed by atoms with E-state index in [9.17, 15) is 0 Å². The van der Waals surface area contributed by atoms with Crippen LogP contribution in [0.25, 0.3) is 10.9 Å². The van der Waals surface area contributed by atoms with Crippen molar-refractivity contribution in [2.45, 2.75) is 26.7 Å². The molecule has 2 aromatic rings. The molecule has 20 heavy (non-hydrogen) atoms. The number of hydrogen-bond donors (Lipinski definition) is 1. The Kier molecular flexibility index (Phi) is 4.90. The maximum Gasteiger partial charge on any atom is 0.163 e. The van der Waals surface area contributed by atoms with E-state index in [2.05, 4.69) is 29.9 Å².